The van der Waals surface area contributed by atoms with Crippen LogP contribution >= 0.6 is 0 Å². The van der Waals surface area contributed by atoms with E-state index in [4.69, 9.17) is 9.84 Å². The lowest BCUT2D eigenvalue weighted by atomic mass is 9.86. The van der Waals surface area contributed by atoms with Gasteiger partial charge in [-0.1, -0.05) is 20.8 Å². The second kappa shape index (κ2) is 5.11. The summed E-state index contributed by atoms with van der Waals surface area (Å²) in [5.74, 6) is -1.46. The summed E-state index contributed by atoms with van der Waals surface area (Å²) >= 11 is 0. The molecule has 5 heteroatoms. The summed E-state index contributed by atoms with van der Waals surface area (Å²) in [5, 5.41) is 11.4. The van der Waals surface area contributed by atoms with Gasteiger partial charge in [0.25, 0.3) is 0 Å². The molecule has 2 N–H and O–H groups in total. The minimum atomic E-state index is -1.04. The molecule has 0 aliphatic heterocycles. The SMILES string of the molecule is COC(C)C(=O)N[C@@H](C(=O)O)C(C)(C)C. The molecule has 88 valence electrons. The van der Waals surface area contributed by atoms with Crippen LogP contribution in [-0.2, 0) is 14.3 Å². The molecular weight excluding hydrogens is 198 g/mol. The number of ether oxygens (including phenoxy) is 1. The van der Waals surface area contributed by atoms with Gasteiger partial charge in [-0.25, -0.2) is 4.79 Å². The Balaban J connectivity index is 4.58. The molecule has 0 aliphatic rings. The van der Waals surface area contributed by atoms with Crippen LogP contribution in [0.2, 0.25) is 0 Å². The zero-order chi connectivity index (χ0) is 12.2. The summed E-state index contributed by atoms with van der Waals surface area (Å²) in [6.45, 7) is 6.83. The van der Waals surface area contributed by atoms with E-state index < -0.39 is 29.4 Å². The van der Waals surface area contributed by atoms with E-state index in [1.165, 1.54) is 7.11 Å². The number of methoxy groups -OCH3 is 1. The van der Waals surface area contributed by atoms with Gasteiger partial charge in [-0.05, 0) is 12.3 Å². The van der Waals surface area contributed by atoms with E-state index in [0.717, 1.165) is 0 Å². The first kappa shape index (κ1) is 13.9. The molecule has 15 heavy (non-hydrogen) atoms. The fourth-order valence-electron chi connectivity index (χ4n) is 1.02. The standard InChI is InChI=1S/C10H19NO4/c1-6(15-5)8(12)11-7(9(13)14)10(2,3)4/h6-7H,1-5H3,(H,11,12)(H,13,14)/t6?,7-/m0/s1. The minimum absolute atomic E-state index is 0.417. The van der Waals surface area contributed by atoms with Crippen molar-refractivity contribution in [1.29, 1.82) is 0 Å². The minimum Gasteiger partial charge on any atom is -0.480 e. The molecule has 5 nitrogen and oxygen atoms in total. The fraction of sp³-hybridized carbons (Fsp3) is 0.800. The maximum absolute atomic E-state index is 11.4. The third-order valence-corrected chi connectivity index (χ3v) is 2.12. The van der Waals surface area contributed by atoms with Crippen molar-refractivity contribution in [3.63, 3.8) is 0 Å². The molecule has 0 aliphatic carbocycles. The Bertz CT molecular complexity index is 244. The number of aliphatic carboxylic acids is 1. The zero-order valence-corrected chi connectivity index (χ0v) is 9.83. The third-order valence-electron chi connectivity index (χ3n) is 2.12. The van der Waals surface area contributed by atoms with Gasteiger partial charge >= 0.3 is 5.97 Å². The van der Waals surface area contributed by atoms with Crippen molar-refractivity contribution < 1.29 is 19.4 Å². The monoisotopic (exact) mass is 217 g/mol. The number of rotatable bonds is 4. The lowest BCUT2D eigenvalue weighted by molar-refractivity contribution is -0.146. The van der Waals surface area contributed by atoms with Crippen LogP contribution in [0.15, 0.2) is 0 Å². The van der Waals surface area contributed by atoms with Gasteiger partial charge in [-0.2, -0.15) is 0 Å². The maximum atomic E-state index is 11.4. The van der Waals surface area contributed by atoms with Gasteiger partial charge in [-0.3, -0.25) is 4.79 Å². The van der Waals surface area contributed by atoms with Crippen LogP contribution in [0.4, 0.5) is 0 Å². The van der Waals surface area contributed by atoms with E-state index in [1.807, 2.05) is 0 Å². The van der Waals surface area contributed by atoms with Gasteiger partial charge in [-0.15, -0.1) is 0 Å². The van der Waals surface area contributed by atoms with Crippen LogP contribution in [0.1, 0.15) is 27.7 Å². The van der Waals surface area contributed by atoms with Crippen molar-refractivity contribution in [3.8, 4) is 0 Å². The summed E-state index contributed by atoms with van der Waals surface area (Å²) in [6, 6.07) is -0.914. The second-order valence-electron chi connectivity index (χ2n) is 4.52. The molecule has 0 rings (SSSR count). The van der Waals surface area contributed by atoms with Crippen LogP contribution in [-0.4, -0.2) is 36.2 Å². The first-order valence-electron chi connectivity index (χ1n) is 4.76. The van der Waals surface area contributed by atoms with Crippen molar-refractivity contribution in [3.05, 3.63) is 0 Å². The third kappa shape index (κ3) is 4.29. The molecule has 0 saturated carbocycles. The van der Waals surface area contributed by atoms with Gasteiger partial charge in [0.05, 0.1) is 0 Å². The first-order valence-corrected chi connectivity index (χ1v) is 4.76. The molecule has 0 aromatic carbocycles. The second-order valence-corrected chi connectivity index (χ2v) is 4.52. The van der Waals surface area contributed by atoms with Crippen LogP contribution < -0.4 is 5.32 Å². The summed E-state index contributed by atoms with van der Waals surface area (Å²) in [4.78, 5) is 22.4. The molecule has 0 aromatic rings. The molecule has 1 amide bonds. The first-order chi connectivity index (χ1) is 6.70. The fourth-order valence-corrected chi connectivity index (χ4v) is 1.02. The zero-order valence-electron chi connectivity index (χ0n) is 9.83. The van der Waals surface area contributed by atoms with Crippen LogP contribution in [0.25, 0.3) is 0 Å². The van der Waals surface area contributed by atoms with E-state index in [-0.39, 0.29) is 0 Å². The molecule has 0 saturated heterocycles. The molecule has 0 spiro atoms. The number of hydrogen-bond acceptors (Lipinski definition) is 3. The Hall–Kier alpha value is -1.10. The number of hydrogen-bond donors (Lipinski definition) is 2. The van der Waals surface area contributed by atoms with Crippen molar-refractivity contribution in [2.45, 2.75) is 39.8 Å². The summed E-state index contributed by atoms with van der Waals surface area (Å²) in [5.41, 5.74) is -0.533. The molecule has 0 fully saturated rings. The molecule has 0 heterocycles. The number of carboxylic acids is 1. The van der Waals surface area contributed by atoms with Gasteiger partial charge in [0.2, 0.25) is 5.91 Å². The Morgan fingerprint density at radius 2 is 1.80 bits per heavy atom. The van der Waals surface area contributed by atoms with Gasteiger partial charge in [0.15, 0.2) is 0 Å². The van der Waals surface area contributed by atoms with E-state index in [1.54, 1.807) is 27.7 Å². The number of carbonyl (C=O) groups excluding carboxylic acids is 1. The van der Waals surface area contributed by atoms with Crippen molar-refractivity contribution in [2.24, 2.45) is 5.41 Å². The van der Waals surface area contributed by atoms with Gasteiger partial charge in [0, 0.05) is 7.11 Å². The molecule has 0 bridgehead atoms. The Morgan fingerprint density at radius 1 is 1.33 bits per heavy atom. The Labute approximate surface area is 89.8 Å². The van der Waals surface area contributed by atoms with Gasteiger partial charge in [0.1, 0.15) is 12.1 Å². The lowest BCUT2D eigenvalue weighted by Gasteiger charge is -2.28. The smallest absolute Gasteiger partial charge is 0.326 e. The average molecular weight is 217 g/mol. The molecule has 1 unspecified atom stereocenters. The molecule has 0 aromatic heterocycles. The van der Waals surface area contributed by atoms with Crippen LogP contribution in [0.3, 0.4) is 0 Å². The normalized spacial score (nSPS) is 15.5. The van der Waals surface area contributed by atoms with Crippen LogP contribution in [0.5, 0.6) is 0 Å². The molecule has 2 atom stereocenters. The quantitative estimate of drug-likeness (QED) is 0.724. The van der Waals surface area contributed by atoms with E-state index in [9.17, 15) is 9.59 Å². The summed E-state index contributed by atoms with van der Waals surface area (Å²) < 4.78 is 4.80. The number of amides is 1. The largest absolute Gasteiger partial charge is 0.480 e. The predicted octanol–water partition coefficient (Wildman–Crippen LogP) is 0.637. The van der Waals surface area contributed by atoms with Crippen LogP contribution in [0, 0.1) is 5.41 Å². The number of carboxylic acid groups (broad SMARTS) is 1. The summed E-state index contributed by atoms with van der Waals surface area (Å²) in [6.07, 6.45) is -0.644. The Morgan fingerprint density at radius 3 is 2.07 bits per heavy atom. The highest BCUT2D eigenvalue weighted by Gasteiger charge is 2.33. The molecular formula is C10H19NO4. The highest BCUT2D eigenvalue weighted by atomic mass is 16.5. The average Bonchev–Trinajstić information content (AvgIpc) is 2.09. The van der Waals surface area contributed by atoms with E-state index >= 15 is 0 Å². The Kier molecular flexibility index (Phi) is 4.74. The summed E-state index contributed by atoms with van der Waals surface area (Å²) in [7, 11) is 1.40. The number of nitrogens with one attached hydrogen (secondary N) is 1. The van der Waals surface area contributed by atoms with E-state index in [0.29, 0.717) is 0 Å². The topological polar surface area (TPSA) is 75.6 Å². The van der Waals surface area contributed by atoms with Crippen molar-refractivity contribution >= 4 is 11.9 Å². The highest BCUT2D eigenvalue weighted by molar-refractivity contribution is 5.86. The number of carbonyl (C=O) groups is 2. The molecule has 0 radical (unpaired) electrons. The maximum Gasteiger partial charge on any atom is 0.326 e. The highest BCUT2D eigenvalue weighted by Crippen LogP contribution is 2.19. The predicted molar refractivity (Wildman–Crippen MR) is 55.5 cm³/mol. The van der Waals surface area contributed by atoms with Crippen molar-refractivity contribution in [1.82, 2.24) is 5.32 Å². The van der Waals surface area contributed by atoms with Gasteiger partial charge < -0.3 is 15.2 Å². The van der Waals surface area contributed by atoms with Crippen molar-refractivity contribution in [2.75, 3.05) is 7.11 Å². The van der Waals surface area contributed by atoms with E-state index in [2.05, 4.69) is 5.32 Å². The lowest BCUT2D eigenvalue weighted by Crippen LogP contribution is -2.51.